The molecule has 14 atom stereocenters. The summed E-state index contributed by atoms with van der Waals surface area (Å²) in [5, 5.41) is 117. The molecule has 7 aliphatic rings. The molecule has 18 N–H and O–H groups in total. The van der Waals surface area contributed by atoms with E-state index in [0.29, 0.717) is 19.3 Å². The first-order valence-corrected chi connectivity index (χ1v) is 34.3. The Bertz CT molecular complexity index is 4080. The third kappa shape index (κ3) is 17.5. The quantitative estimate of drug-likeness (QED) is 0.0594. The number of aliphatic hydroxyl groups is 6. The lowest BCUT2D eigenvalue weighted by Gasteiger charge is -2.39. The van der Waals surface area contributed by atoms with Gasteiger partial charge in [0.05, 0.1) is 24.1 Å². The second kappa shape index (κ2) is 32.7. The highest BCUT2D eigenvalue weighted by Gasteiger charge is 2.47. The minimum Gasteiger partial charge on any atom is -0.508 e. The number of ether oxygens (including phenoxy) is 4. The summed E-state index contributed by atoms with van der Waals surface area (Å²) in [5.41, 5.74) is -0.466. The number of rotatable bonds is 17. The van der Waals surface area contributed by atoms with Crippen LogP contribution in [0.1, 0.15) is 141 Å². The summed E-state index contributed by atoms with van der Waals surface area (Å²) in [6, 6.07) is 1.30. The summed E-state index contributed by atoms with van der Waals surface area (Å²) < 4.78 is 25.5. The predicted octanol–water partition coefficient (Wildman–Crippen LogP) is 2.24. The van der Waals surface area contributed by atoms with E-state index < -0.39 is 180 Å². The summed E-state index contributed by atoms with van der Waals surface area (Å²) in [6.07, 6.45) is -10.4. The molecule has 552 valence electrons. The first-order chi connectivity index (χ1) is 49.0. The van der Waals surface area contributed by atoms with Crippen molar-refractivity contribution in [2.45, 2.75) is 177 Å². The number of fused-ring (bicyclic) bond motifs is 15. The highest BCUT2D eigenvalue weighted by atomic mass is 35.5. The predicted molar refractivity (Wildman–Crippen MR) is 366 cm³/mol. The van der Waals surface area contributed by atoms with Crippen molar-refractivity contribution in [3.8, 4) is 51.4 Å². The molecule has 6 aliphatic heterocycles. The van der Waals surface area contributed by atoms with Crippen molar-refractivity contribution in [1.29, 1.82) is 0 Å². The summed E-state index contributed by atoms with van der Waals surface area (Å²) >= 11 is 7.09. The van der Waals surface area contributed by atoms with Crippen LogP contribution in [0.3, 0.4) is 0 Å². The molecule has 5 aromatic carbocycles. The first-order valence-electron chi connectivity index (χ1n) is 33.9. The SMILES string of the molecule is CCCCCCNC(=O)NC(=O)C[C@@H]1NC(=O)[C@H](NC(=O)[C@@H](CC(C)C)NC)[C@H](O)c2ccc(c(C)c2)Oc2cc3cc(c2O[C@@H]2O[C@H](CO)[C@@H](O)[C@H](O)[C@H]2O)Oc2ccc(cc2Cl)[C@@H](O)[C@@H]2NC(=O)[C@H](NC(=O)[C@@H]3NC1=O)c1ccc(O)c(c1)-c1c(C)cc(O)cc1[C@@H](C(=O)NC1CC1)NC2=O. The van der Waals surface area contributed by atoms with Gasteiger partial charge in [0.15, 0.2) is 11.5 Å². The van der Waals surface area contributed by atoms with Gasteiger partial charge in [-0.1, -0.05) is 69.8 Å². The number of likely N-dealkylation sites (N-methyl/N-ethyl adjacent to an activating group) is 1. The Morgan fingerprint density at radius 2 is 1.33 bits per heavy atom. The molecular weight excluding hydrogens is 1360 g/mol. The van der Waals surface area contributed by atoms with Crippen molar-refractivity contribution < 1.29 is 103 Å². The molecule has 0 aromatic heterocycles. The number of urea groups is 1. The fraction of sp³-hybridized carbons (Fsp3) is 0.451. The van der Waals surface area contributed by atoms with Gasteiger partial charge in [0.2, 0.25) is 59.3 Å². The van der Waals surface area contributed by atoms with E-state index in [-0.39, 0.29) is 91.7 Å². The fourth-order valence-corrected chi connectivity index (χ4v) is 12.9. The molecule has 5 aromatic rings. The van der Waals surface area contributed by atoms with Crippen molar-refractivity contribution in [1.82, 2.24) is 53.2 Å². The number of hydrogen-bond acceptors (Lipinski definition) is 22. The number of imide groups is 1. The number of aryl methyl sites for hydroxylation is 2. The fourth-order valence-electron chi connectivity index (χ4n) is 12.6. The topological polar surface area (TPSA) is 473 Å². The smallest absolute Gasteiger partial charge is 0.321 e. The molecule has 103 heavy (non-hydrogen) atoms. The third-order valence-corrected chi connectivity index (χ3v) is 18.6. The van der Waals surface area contributed by atoms with E-state index in [1.807, 2.05) is 20.8 Å². The van der Waals surface area contributed by atoms with Crippen molar-refractivity contribution in [3.05, 3.63) is 123 Å². The van der Waals surface area contributed by atoms with E-state index in [4.69, 9.17) is 30.5 Å². The zero-order valence-corrected chi connectivity index (χ0v) is 57.8. The van der Waals surface area contributed by atoms with E-state index >= 15 is 24.0 Å². The zero-order chi connectivity index (χ0) is 74.4. The Labute approximate surface area is 596 Å². The van der Waals surface area contributed by atoms with Gasteiger partial charge < -0.3 is 108 Å². The third-order valence-electron chi connectivity index (χ3n) is 18.3. The second-order valence-electron chi connectivity index (χ2n) is 26.7. The Morgan fingerprint density at radius 1 is 0.670 bits per heavy atom. The van der Waals surface area contributed by atoms with Gasteiger partial charge in [0.1, 0.15) is 95.9 Å². The summed E-state index contributed by atoms with van der Waals surface area (Å²) in [6.45, 7) is 7.93. The van der Waals surface area contributed by atoms with Gasteiger partial charge in [-0.25, -0.2) is 4.79 Å². The van der Waals surface area contributed by atoms with Crippen LogP contribution >= 0.6 is 11.6 Å². The van der Waals surface area contributed by atoms with Crippen LogP contribution in [0.4, 0.5) is 4.79 Å². The standard InChI is InChI=1S/C71H85ClN10O21/c1-7-8-9-10-19-74-71(99)77-50(86)28-43-64(93)78-53-36-25-47(100-45-17-12-34(21-31(45)4)57(87)55(68(97)76-43)81-63(92)42(73-6)20-30(2)3)62(103-70-61(91)60(90)59(89)49(29-83)102-70)48(26-36)101-46-18-13-35(24-41(46)72)58(88)56-69(98)80-54(67(96)75-37-14-15-37)40-27-38(84)22-32(5)51(40)39-23-33(11-16-44(39)85)52(65(94)82-56)79-66(53)95/h11-13,16-18,21-27,30,37,42-43,49,52-61,70,73,83-85,87-91H,7-10,14-15,19-20,28-29H2,1-6H3,(H,75,96)(H,76,97)(H,78,93)(H,79,95)(H,80,98)(H,81,92)(H,82,94)(H2,74,77,86,99)/t42-,43+,49-,52-,53-,54+,55-,56+,57-,58-,59-,60+,61-,70+/m1/s1. The summed E-state index contributed by atoms with van der Waals surface area (Å²) in [4.78, 5) is 134. The zero-order valence-electron chi connectivity index (χ0n) is 57.1. The molecule has 10 amide bonds. The highest BCUT2D eigenvalue weighted by Crippen LogP contribution is 2.49. The molecule has 6 heterocycles. The summed E-state index contributed by atoms with van der Waals surface area (Å²) in [5.74, 6) is -12.2. The van der Waals surface area contributed by atoms with Crippen molar-refractivity contribution in [3.63, 3.8) is 0 Å². The Kier molecular flexibility index (Phi) is 24.1. The van der Waals surface area contributed by atoms with Gasteiger partial charge in [-0.3, -0.25) is 43.7 Å². The van der Waals surface area contributed by atoms with Crippen LogP contribution in [0.15, 0.2) is 78.9 Å². The van der Waals surface area contributed by atoms with Crippen LogP contribution < -0.4 is 67.4 Å². The van der Waals surface area contributed by atoms with Gasteiger partial charge in [0, 0.05) is 18.2 Å². The minimum atomic E-state index is -2.28. The number of aromatic hydroxyl groups is 2. The number of benzene rings is 5. The van der Waals surface area contributed by atoms with Crippen molar-refractivity contribution >= 4 is 64.9 Å². The van der Waals surface area contributed by atoms with Crippen LogP contribution in [-0.4, -0.2) is 175 Å². The van der Waals surface area contributed by atoms with Crippen LogP contribution in [0.25, 0.3) is 11.1 Å². The lowest BCUT2D eigenvalue weighted by molar-refractivity contribution is -0.277. The van der Waals surface area contributed by atoms with E-state index in [0.717, 1.165) is 43.5 Å². The number of nitrogens with one attached hydrogen (secondary N) is 10. The molecule has 12 rings (SSSR count). The molecule has 1 aliphatic carbocycles. The monoisotopic (exact) mass is 1450 g/mol. The molecule has 1 saturated heterocycles. The Morgan fingerprint density at radius 3 is 1.99 bits per heavy atom. The van der Waals surface area contributed by atoms with Crippen LogP contribution in [-0.2, 0) is 43.1 Å². The molecule has 0 spiro atoms. The molecule has 1 saturated carbocycles. The van der Waals surface area contributed by atoms with Crippen LogP contribution in [0.5, 0.6) is 40.2 Å². The maximum Gasteiger partial charge on any atom is 0.321 e. The highest BCUT2D eigenvalue weighted by molar-refractivity contribution is 6.32. The number of phenolic OH excluding ortho intramolecular Hbond substituents is 2. The number of halogens is 1. The maximum absolute atomic E-state index is 16.2. The number of amides is 10. The molecular formula is C71H85ClN10O21. The number of aliphatic hydroxyl groups excluding tert-OH is 6. The van der Waals surface area contributed by atoms with Crippen molar-refractivity contribution in [2.75, 3.05) is 20.2 Å². The largest absolute Gasteiger partial charge is 0.508 e. The molecule has 0 radical (unpaired) electrons. The van der Waals surface area contributed by atoms with Gasteiger partial charge >= 0.3 is 6.03 Å². The van der Waals surface area contributed by atoms with Crippen LogP contribution in [0, 0.1) is 19.8 Å². The minimum absolute atomic E-state index is 0.0251. The molecule has 32 heteroatoms. The van der Waals surface area contributed by atoms with E-state index in [1.54, 1.807) is 0 Å². The van der Waals surface area contributed by atoms with Crippen molar-refractivity contribution in [2.24, 2.45) is 5.92 Å². The van der Waals surface area contributed by atoms with E-state index in [1.165, 1.54) is 75.5 Å². The normalized spacial score (nSPS) is 25.2. The average molecular weight is 1450 g/mol. The number of carbonyl (C=O) groups is 9. The number of hydrogen-bond donors (Lipinski definition) is 18. The Balaban J connectivity index is 1.21. The first kappa shape index (κ1) is 76.0. The van der Waals surface area contributed by atoms with Gasteiger partial charge in [-0.2, -0.15) is 0 Å². The number of carbonyl (C=O) groups excluding carboxylic acids is 9. The van der Waals surface area contributed by atoms with Crippen LogP contribution in [0.2, 0.25) is 5.02 Å². The molecule has 31 nitrogen and oxygen atoms in total. The van der Waals surface area contributed by atoms with E-state index in [9.17, 15) is 60.0 Å². The van der Waals surface area contributed by atoms with Gasteiger partial charge in [0.25, 0.3) is 0 Å². The van der Waals surface area contributed by atoms with Gasteiger partial charge in [-0.05, 0) is 158 Å². The lowest BCUT2D eigenvalue weighted by atomic mass is 9.87. The number of unbranched alkanes of at least 4 members (excludes halogenated alkanes) is 3. The molecule has 11 bridgehead atoms. The van der Waals surface area contributed by atoms with E-state index in [2.05, 4.69) is 53.2 Å². The average Bonchev–Trinajstić information content (AvgIpc) is 1.74. The molecule has 2 fully saturated rings. The number of phenols is 2. The molecule has 0 unspecified atom stereocenters. The summed E-state index contributed by atoms with van der Waals surface area (Å²) in [7, 11) is 1.50. The Hall–Kier alpha value is -9.70. The van der Waals surface area contributed by atoms with Gasteiger partial charge in [-0.15, -0.1) is 0 Å². The maximum atomic E-state index is 16.2. The second-order valence-corrected chi connectivity index (χ2v) is 27.1. The lowest BCUT2D eigenvalue weighted by Crippen LogP contribution is -2.60.